The molecular weight excluding hydrogens is 232 g/mol. The molecule has 1 N–H and O–H groups in total. The summed E-state index contributed by atoms with van der Waals surface area (Å²) >= 11 is 10.9. The van der Waals surface area contributed by atoms with Gasteiger partial charge < -0.3 is 0 Å². The van der Waals surface area contributed by atoms with Gasteiger partial charge in [0.2, 0.25) is 0 Å². The molecule has 0 aliphatic heterocycles. The van der Waals surface area contributed by atoms with E-state index in [1.165, 1.54) is 0 Å². The normalized spacial score (nSPS) is 8.92. The summed E-state index contributed by atoms with van der Waals surface area (Å²) in [7, 11) is 0. The van der Waals surface area contributed by atoms with Crippen LogP contribution in [0, 0.1) is 0 Å². The van der Waals surface area contributed by atoms with Crippen molar-refractivity contribution in [2.75, 3.05) is 19.6 Å². The van der Waals surface area contributed by atoms with Crippen molar-refractivity contribution in [3.8, 4) is 0 Å². The van der Waals surface area contributed by atoms with Crippen LogP contribution in [0.3, 0.4) is 0 Å². The molecule has 0 aliphatic carbocycles. The van der Waals surface area contributed by atoms with Gasteiger partial charge in [0.1, 0.15) is 0 Å². The van der Waals surface area contributed by atoms with Crippen LogP contribution in [-0.2, 0) is 0 Å². The van der Waals surface area contributed by atoms with Gasteiger partial charge in [0.25, 0.3) is 0 Å². The number of rotatable bonds is 6. The molecule has 0 aliphatic rings. The lowest BCUT2D eigenvalue weighted by atomic mass is 10.4. The fourth-order valence-electron chi connectivity index (χ4n) is 0.540. The first-order valence-corrected chi connectivity index (χ1v) is 4.74. The van der Waals surface area contributed by atoms with Crippen molar-refractivity contribution >= 4 is 41.6 Å². The van der Waals surface area contributed by atoms with E-state index >= 15 is 0 Å². The smallest absolute Gasteiger partial charge is 0.158 e. The Labute approximate surface area is 95.0 Å². The lowest BCUT2D eigenvalue weighted by molar-refractivity contribution is 0.698. The number of nitrogens with one attached hydrogen (secondary N) is 1. The number of nitrogens with zero attached hydrogens (tertiary/aromatic N) is 2. The zero-order valence-electron chi connectivity index (χ0n) is 7.46. The maximum Gasteiger partial charge on any atom is 0.158 e. The van der Waals surface area contributed by atoms with Gasteiger partial charge in [-0.25, -0.2) is 9.98 Å². The maximum atomic E-state index is 5.43. The van der Waals surface area contributed by atoms with Crippen LogP contribution in [0.15, 0.2) is 9.98 Å². The minimum absolute atomic E-state index is 0. The van der Waals surface area contributed by atoms with E-state index in [2.05, 4.69) is 21.3 Å². The minimum Gasteiger partial charge on any atom is -0.289 e. The van der Waals surface area contributed by atoms with Crippen molar-refractivity contribution in [2.24, 2.45) is 9.98 Å². The highest BCUT2D eigenvalue weighted by Gasteiger charge is 1.93. The van der Waals surface area contributed by atoms with Gasteiger partial charge in [-0.05, 0) is 19.9 Å². The molecule has 0 aromatic rings. The Bertz CT molecular complexity index is 155. The third kappa shape index (κ3) is 15.0. The van der Waals surface area contributed by atoms with E-state index in [1.54, 1.807) is 0 Å². The summed E-state index contributed by atoms with van der Waals surface area (Å²) in [6.45, 7) is 4.13. The maximum absolute atomic E-state index is 5.43. The van der Waals surface area contributed by atoms with Gasteiger partial charge in [-0.2, -0.15) is 0 Å². The predicted octanol–water partition coefficient (Wildman–Crippen LogP) is 2.34. The second-order valence-electron chi connectivity index (χ2n) is 2.06. The molecule has 0 amide bonds. The van der Waals surface area contributed by atoms with Crippen molar-refractivity contribution in [3.63, 3.8) is 0 Å². The lowest BCUT2D eigenvalue weighted by Gasteiger charge is -2.00. The highest BCUT2D eigenvalue weighted by Crippen LogP contribution is 1.94. The molecule has 0 aromatic carbocycles. The van der Waals surface area contributed by atoms with Crippen molar-refractivity contribution < 1.29 is 0 Å². The first kappa shape index (κ1) is 15.7. The Morgan fingerprint density at radius 2 is 2.08 bits per heavy atom. The van der Waals surface area contributed by atoms with Crippen LogP contribution < -0.4 is 5.32 Å². The SMILES string of the molecule is CCN=C=NCCCNC(Cl)Cl.Cl. The predicted molar refractivity (Wildman–Crippen MR) is 60.6 cm³/mol. The average molecular weight is 247 g/mol. The lowest BCUT2D eigenvalue weighted by Crippen LogP contribution is -2.20. The Morgan fingerprint density at radius 1 is 1.38 bits per heavy atom. The molecule has 0 atom stereocenters. The van der Waals surface area contributed by atoms with E-state index in [0.29, 0.717) is 6.54 Å². The summed E-state index contributed by atoms with van der Waals surface area (Å²) in [5, 5.41) is 2.85. The molecule has 3 nitrogen and oxygen atoms in total. The summed E-state index contributed by atoms with van der Waals surface area (Å²) in [4.78, 5) is 7.24. The van der Waals surface area contributed by atoms with Crippen molar-refractivity contribution in [2.45, 2.75) is 18.3 Å². The molecule has 0 unspecified atom stereocenters. The Hall–Kier alpha value is 0.210. The Balaban J connectivity index is 0. The van der Waals surface area contributed by atoms with Crippen molar-refractivity contribution in [3.05, 3.63) is 0 Å². The highest BCUT2D eigenvalue weighted by atomic mass is 35.5. The number of aliphatic imine (C=N–C) groups is 2. The molecule has 0 spiro atoms. The third-order valence-electron chi connectivity index (χ3n) is 1.04. The molecule has 0 bridgehead atoms. The minimum atomic E-state index is -0.488. The van der Waals surface area contributed by atoms with Crippen LogP contribution in [0.4, 0.5) is 0 Å². The van der Waals surface area contributed by atoms with E-state index in [4.69, 9.17) is 23.2 Å². The number of halogens is 3. The molecule has 0 fully saturated rings. The highest BCUT2D eigenvalue weighted by molar-refractivity contribution is 6.43. The Kier molecular flexibility index (Phi) is 14.7. The summed E-state index contributed by atoms with van der Waals surface area (Å²) in [6, 6.07) is 2.58. The quantitative estimate of drug-likeness (QED) is 0.332. The molecular formula is C7H14Cl3N3. The average Bonchev–Trinajstić information content (AvgIpc) is 2.02. The summed E-state index contributed by atoms with van der Waals surface area (Å²) < 4.78 is 0. The van der Waals surface area contributed by atoms with Gasteiger partial charge in [0, 0.05) is 6.54 Å². The van der Waals surface area contributed by atoms with Crippen molar-refractivity contribution in [1.82, 2.24) is 5.32 Å². The fraction of sp³-hybridized carbons (Fsp3) is 0.857. The second kappa shape index (κ2) is 12.2. The van der Waals surface area contributed by atoms with Gasteiger partial charge in [-0.15, -0.1) is 12.4 Å². The summed E-state index contributed by atoms with van der Waals surface area (Å²) in [6.07, 6.45) is 0.891. The van der Waals surface area contributed by atoms with E-state index in [1.807, 2.05) is 6.92 Å². The van der Waals surface area contributed by atoms with Crippen LogP contribution >= 0.6 is 35.6 Å². The van der Waals surface area contributed by atoms with E-state index < -0.39 is 4.96 Å². The molecule has 0 saturated carbocycles. The molecule has 0 rings (SSSR count). The van der Waals surface area contributed by atoms with Gasteiger partial charge >= 0.3 is 0 Å². The molecule has 78 valence electrons. The molecule has 13 heavy (non-hydrogen) atoms. The van der Waals surface area contributed by atoms with E-state index in [9.17, 15) is 0 Å². The first-order valence-electron chi connectivity index (χ1n) is 3.87. The second-order valence-corrected chi connectivity index (χ2v) is 3.16. The van der Waals surface area contributed by atoms with Crippen LogP contribution in [0.5, 0.6) is 0 Å². The first-order chi connectivity index (χ1) is 5.77. The molecule has 0 saturated heterocycles. The van der Waals surface area contributed by atoms with Crippen LogP contribution in [0.2, 0.25) is 0 Å². The van der Waals surface area contributed by atoms with Gasteiger partial charge in [0.15, 0.2) is 4.96 Å². The molecule has 0 heterocycles. The molecule has 0 aromatic heterocycles. The van der Waals surface area contributed by atoms with Gasteiger partial charge in [-0.1, -0.05) is 23.2 Å². The number of hydrogen-bond acceptors (Lipinski definition) is 3. The summed E-state index contributed by atoms with van der Waals surface area (Å²) in [5.74, 6) is 0. The third-order valence-corrected chi connectivity index (χ3v) is 1.35. The number of hydrogen-bond donors (Lipinski definition) is 1. The molecule has 0 radical (unpaired) electrons. The Morgan fingerprint density at radius 3 is 2.62 bits per heavy atom. The summed E-state index contributed by atoms with van der Waals surface area (Å²) in [5.41, 5.74) is 0. The van der Waals surface area contributed by atoms with E-state index in [0.717, 1.165) is 19.5 Å². The standard InChI is InChI=1S/C7H13Cl2N3.ClH/c1-2-10-6-11-4-3-5-12-7(8)9;/h7,12H,2-5H2,1H3;1H. The van der Waals surface area contributed by atoms with Crippen LogP contribution in [0.25, 0.3) is 0 Å². The van der Waals surface area contributed by atoms with Gasteiger partial charge in [0.05, 0.1) is 12.6 Å². The largest absolute Gasteiger partial charge is 0.289 e. The zero-order valence-corrected chi connectivity index (χ0v) is 9.79. The fourth-order valence-corrected chi connectivity index (χ4v) is 0.758. The van der Waals surface area contributed by atoms with Crippen molar-refractivity contribution in [1.29, 1.82) is 0 Å². The topological polar surface area (TPSA) is 36.8 Å². The van der Waals surface area contributed by atoms with Crippen LogP contribution in [0.1, 0.15) is 13.3 Å². The molecule has 6 heteroatoms. The monoisotopic (exact) mass is 245 g/mol. The van der Waals surface area contributed by atoms with Crippen LogP contribution in [-0.4, -0.2) is 30.6 Å². The number of alkyl halides is 2. The van der Waals surface area contributed by atoms with Gasteiger partial charge in [-0.3, -0.25) is 5.32 Å². The van der Waals surface area contributed by atoms with E-state index in [-0.39, 0.29) is 12.4 Å². The zero-order chi connectivity index (χ0) is 9.23.